The average molecular weight is 437 g/mol. The summed E-state index contributed by atoms with van der Waals surface area (Å²) in [4.78, 5) is 27.2. The first-order valence-electron chi connectivity index (χ1n) is 10.6. The Balaban J connectivity index is 1.56. The molecular weight excluding hydrogens is 412 g/mol. The number of rotatable bonds is 2. The van der Waals surface area contributed by atoms with Gasteiger partial charge in [-0.2, -0.15) is 5.10 Å². The molecule has 2 fully saturated rings. The van der Waals surface area contributed by atoms with Crippen molar-refractivity contribution in [2.45, 2.75) is 25.8 Å². The molecule has 1 amide bonds. The molecule has 1 N–H and O–H groups in total. The summed E-state index contributed by atoms with van der Waals surface area (Å²) in [5, 5.41) is 10.2. The molecule has 1 aliphatic carbocycles. The van der Waals surface area contributed by atoms with Crippen LogP contribution in [0, 0.1) is 18.8 Å². The number of H-pyrrole nitrogens is 1. The fourth-order valence-electron chi connectivity index (χ4n) is 5.57. The summed E-state index contributed by atoms with van der Waals surface area (Å²) in [7, 11) is 1.87. The van der Waals surface area contributed by atoms with Crippen LogP contribution in [0.4, 0.5) is 11.5 Å². The number of morpholine rings is 1. The van der Waals surface area contributed by atoms with E-state index in [0.29, 0.717) is 19.1 Å². The maximum absolute atomic E-state index is 13.4. The van der Waals surface area contributed by atoms with Gasteiger partial charge in [-0.1, -0.05) is 6.92 Å². The van der Waals surface area contributed by atoms with E-state index >= 15 is 0 Å². The summed E-state index contributed by atoms with van der Waals surface area (Å²) in [6, 6.07) is 2.09. The maximum Gasteiger partial charge on any atom is 0.232 e. The van der Waals surface area contributed by atoms with Gasteiger partial charge in [0.2, 0.25) is 5.91 Å². The van der Waals surface area contributed by atoms with Crippen molar-refractivity contribution in [3.05, 3.63) is 29.4 Å². The highest BCUT2D eigenvalue weighted by molar-refractivity contribution is 7.13. The number of hydrogen-bond acceptors (Lipinski definition) is 7. The molecule has 160 valence electrons. The van der Waals surface area contributed by atoms with E-state index < -0.39 is 0 Å². The van der Waals surface area contributed by atoms with E-state index in [1.54, 1.807) is 22.4 Å². The third-order valence-electron chi connectivity index (χ3n) is 7.30. The lowest BCUT2D eigenvalue weighted by molar-refractivity contribution is -0.138. The SMILES string of the molecule is Cc1cc2c(nc1-c1cn[nH]c1-c1nccs1)N1CCOCC13C(C[C@H]3C)C(=O)N2C. The zero-order valence-electron chi connectivity index (χ0n) is 17.8. The Morgan fingerprint density at radius 2 is 2.26 bits per heavy atom. The van der Waals surface area contributed by atoms with Crippen LogP contribution in [0.2, 0.25) is 0 Å². The molecule has 0 radical (unpaired) electrons. The predicted octanol–water partition coefficient (Wildman–Crippen LogP) is 3.11. The van der Waals surface area contributed by atoms with Crippen LogP contribution >= 0.6 is 11.3 Å². The van der Waals surface area contributed by atoms with E-state index in [2.05, 4.69) is 33.1 Å². The molecule has 1 saturated heterocycles. The fraction of sp³-hybridized carbons (Fsp3) is 0.455. The van der Waals surface area contributed by atoms with Crippen molar-refractivity contribution in [3.63, 3.8) is 0 Å². The lowest BCUT2D eigenvalue weighted by atomic mass is 9.57. The Hall–Kier alpha value is -2.78. The number of nitrogens with zero attached hydrogens (tertiary/aromatic N) is 5. The van der Waals surface area contributed by atoms with E-state index in [1.165, 1.54) is 0 Å². The van der Waals surface area contributed by atoms with Crippen LogP contribution in [0.15, 0.2) is 23.8 Å². The average Bonchev–Trinajstić information content (AvgIpc) is 3.47. The van der Waals surface area contributed by atoms with Gasteiger partial charge in [-0.25, -0.2) is 9.97 Å². The first-order chi connectivity index (χ1) is 15.0. The Bertz CT molecular complexity index is 1170. The van der Waals surface area contributed by atoms with E-state index in [9.17, 15) is 4.79 Å². The van der Waals surface area contributed by atoms with Crippen molar-refractivity contribution < 1.29 is 9.53 Å². The molecule has 1 spiro atoms. The van der Waals surface area contributed by atoms with Crippen LogP contribution in [0.1, 0.15) is 18.9 Å². The van der Waals surface area contributed by atoms with Crippen LogP contribution in [0.25, 0.3) is 22.0 Å². The van der Waals surface area contributed by atoms with Crippen molar-refractivity contribution in [2.24, 2.45) is 11.8 Å². The van der Waals surface area contributed by atoms with Gasteiger partial charge in [0.25, 0.3) is 0 Å². The largest absolute Gasteiger partial charge is 0.377 e. The van der Waals surface area contributed by atoms with Crippen LogP contribution < -0.4 is 9.80 Å². The molecule has 6 rings (SSSR count). The first kappa shape index (κ1) is 18.9. The molecule has 31 heavy (non-hydrogen) atoms. The van der Waals surface area contributed by atoms with Crippen molar-refractivity contribution in [2.75, 3.05) is 36.6 Å². The molecule has 8 nitrogen and oxygen atoms in total. The number of hydrogen-bond donors (Lipinski definition) is 1. The zero-order valence-corrected chi connectivity index (χ0v) is 18.6. The summed E-state index contributed by atoms with van der Waals surface area (Å²) in [5.74, 6) is 1.33. The quantitative estimate of drug-likeness (QED) is 0.664. The molecule has 0 aromatic carbocycles. The summed E-state index contributed by atoms with van der Waals surface area (Å²) >= 11 is 1.57. The number of aromatic amines is 1. The molecule has 2 aliphatic heterocycles. The van der Waals surface area contributed by atoms with E-state index in [0.717, 1.165) is 52.0 Å². The lowest BCUT2D eigenvalue weighted by Gasteiger charge is -2.60. The third-order valence-corrected chi connectivity index (χ3v) is 8.09. The maximum atomic E-state index is 13.4. The number of aryl methyl sites for hydroxylation is 1. The number of amides is 1. The number of pyridine rings is 1. The number of fused-ring (bicyclic) bond motifs is 2. The molecule has 3 aromatic heterocycles. The highest BCUT2D eigenvalue weighted by atomic mass is 32.1. The minimum atomic E-state index is -0.317. The number of ether oxygens (including phenoxy) is 1. The van der Waals surface area contributed by atoms with E-state index in [4.69, 9.17) is 9.72 Å². The van der Waals surface area contributed by atoms with Gasteiger partial charge in [0, 0.05) is 30.7 Å². The molecule has 2 unspecified atom stereocenters. The lowest BCUT2D eigenvalue weighted by Crippen LogP contribution is -2.72. The standard InChI is InChI=1S/C22H24N6O2S/c1-12-8-16-19(25-17(12)14-10-24-26-18(14)20-23-4-7-31-20)28-5-6-30-11-22(28)13(2)9-15(22)21(29)27(16)3/h4,7-8,10,13,15H,5-6,9,11H2,1-3H3,(H,24,26)/t13-,15?,22?/m1/s1. The van der Waals surface area contributed by atoms with Crippen molar-refractivity contribution in [3.8, 4) is 22.0 Å². The first-order valence-corrected chi connectivity index (χ1v) is 11.5. The van der Waals surface area contributed by atoms with E-state index in [-0.39, 0.29) is 17.4 Å². The Labute approximate surface area is 184 Å². The molecule has 3 aromatic rings. The molecule has 3 aliphatic rings. The summed E-state index contributed by atoms with van der Waals surface area (Å²) in [6.07, 6.45) is 4.49. The second-order valence-corrected chi connectivity index (χ2v) is 9.67. The predicted molar refractivity (Wildman–Crippen MR) is 119 cm³/mol. The van der Waals surface area contributed by atoms with Crippen LogP contribution in [0.3, 0.4) is 0 Å². The van der Waals surface area contributed by atoms with Crippen molar-refractivity contribution in [1.82, 2.24) is 20.2 Å². The van der Waals surface area contributed by atoms with Crippen LogP contribution in [-0.4, -0.2) is 58.4 Å². The normalized spacial score (nSPS) is 27.3. The molecular formula is C22H24N6O2S. The summed E-state index contributed by atoms with van der Waals surface area (Å²) in [5.41, 5.74) is 4.22. The van der Waals surface area contributed by atoms with Gasteiger partial charge < -0.3 is 14.5 Å². The van der Waals surface area contributed by atoms with Gasteiger partial charge in [0.15, 0.2) is 5.82 Å². The summed E-state index contributed by atoms with van der Waals surface area (Å²) < 4.78 is 5.92. The molecule has 0 bridgehead atoms. The number of anilines is 2. The Kier molecular flexibility index (Phi) is 4.04. The van der Waals surface area contributed by atoms with Crippen molar-refractivity contribution >= 4 is 28.7 Å². The number of aromatic nitrogens is 4. The number of thiazole rings is 1. The highest BCUT2D eigenvalue weighted by Gasteiger charge is 2.63. The Morgan fingerprint density at radius 1 is 1.39 bits per heavy atom. The molecule has 9 heteroatoms. The molecule has 5 heterocycles. The number of carbonyl (C=O) groups is 1. The van der Waals surface area contributed by atoms with Gasteiger partial charge in [0.05, 0.1) is 42.2 Å². The molecule has 1 saturated carbocycles. The van der Waals surface area contributed by atoms with Gasteiger partial charge in [-0.15, -0.1) is 11.3 Å². The van der Waals surface area contributed by atoms with Crippen LogP contribution in [-0.2, 0) is 9.53 Å². The van der Waals surface area contributed by atoms with Crippen molar-refractivity contribution in [1.29, 1.82) is 0 Å². The van der Waals surface area contributed by atoms with E-state index in [1.807, 2.05) is 25.5 Å². The minimum Gasteiger partial charge on any atom is -0.377 e. The third kappa shape index (κ3) is 2.44. The van der Waals surface area contributed by atoms with Gasteiger partial charge in [0.1, 0.15) is 10.7 Å². The minimum absolute atomic E-state index is 0.0643. The number of carbonyl (C=O) groups excluding carboxylic acids is 1. The Morgan fingerprint density at radius 3 is 3.03 bits per heavy atom. The second-order valence-electron chi connectivity index (χ2n) is 8.77. The summed E-state index contributed by atoms with van der Waals surface area (Å²) in [6.45, 7) is 6.20. The molecule has 3 atom stereocenters. The fourth-order valence-corrected chi connectivity index (χ4v) is 6.22. The highest BCUT2D eigenvalue weighted by Crippen LogP contribution is 2.55. The number of nitrogens with one attached hydrogen (secondary N) is 1. The van der Waals surface area contributed by atoms with Gasteiger partial charge in [-0.3, -0.25) is 9.89 Å². The van der Waals surface area contributed by atoms with Gasteiger partial charge >= 0.3 is 0 Å². The van der Waals surface area contributed by atoms with Crippen LogP contribution in [0.5, 0.6) is 0 Å². The monoisotopic (exact) mass is 436 g/mol. The van der Waals surface area contributed by atoms with Gasteiger partial charge in [-0.05, 0) is 30.9 Å². The zero-order chi connectivity index (χ0) is 21.3. The second kappa shape index (κ2) is 6.61. The topological polar surface area (TPSA) is 87.2 Å². The smallest absolute Gasteiger partial charge is 0.232 e.